The molecule has 0 heterocycles. The molecule has 0 unspecified atom stereocenters. The van der Waals surface area contributed by atoms with Gasteiger partial charge in [-0.3, -0.25) is 24.0 Å². The van der Waals surface area contributed by atoms with Crippen LogP contribution in [0.1, 0.15) is 50.2 Å². The molecule has 39 heavy (non-hydrogen) atoms. The van der Waals surface area contributed by atoms with Crippen LogP contribution in [0, 0.1) is 17.0 Å². The molecule has 0 bridgehead atoms. The zero-order valence-corrected chi connectivity index (χ0v) is 23.6. The van der Waals surface area contributed by atoms with Gasteiger partial charge in [0.25, 0.3) is 5.69 Å². The lowest BCUT2D eigenvalue weighted by molar-refractivity contribution is -0.384. The highest BCUT2D eigenvalue weighted by Crippen LogP contribution is 2.28. The summed E-state index contributed by atoms with van der Waals surface area (Å²) in [4.78, 5) is 39.1. The van der Waals surface area contributed by atoms with Crippen LogP contribution < -0.4 is 14.4 Å². The van der Waals surface area contributed by atoms with E-state index in [-0.39, 0.29) is 29.9 Å². The summed E-state index contributed by atoms with van der Waals surface area (Å²) < 4.78 is 31.8. The molecule has 0 spiro atoms. The Kier molecular flexibility index (Phi) is 9.90. The van der Waals surface area contributed by atoms with E-state index in [1.54, 1.807) is 38.1 Å². The molecule has 1 fully saturated rings. The number of aryl methyl sites for hydroxylation is 1. The second-order valence-corrected chi connectivity index (χ2v) is 11.8. The number of hydrogen-bond acceptors (Lipinski definition) is 7. The van der Waals surface area contributed by atoms with Gasteiger partial charge >= 0.3 is 0 Å². The van der Waals surface area contributed by atoms with Gasteiger partial charge in [-0.25, -0.2) is 8.42 Å². The summed E-state index contributed by atoms with van der Waals surface area (Å²) in [6.45, 7) is 2.61. The van der Waals surface area contributed by atoms with E-state index in [0.717, 1.165) is 48.7 Å². The molecule has 1 N–H and O–H groups in total. The maximum absolute atomic E-state index is 13.8. The molecular formula is C27H36N4O7S. The minimum absolute atomic E-state index is 0.0284. The van der Waals surface area contributed by atoms with Crippen LogP contribution in [0.15, 0.2) is 42.5 Å². The van der Waals surface area contributed by atoms with Crippen molar-refractivity contribution >= 4 is 33.2 Å². The molecule has 212 valence electrons. The van der Waals surface area contributed by atoms with Crippen LogP contribution in [0.5, 0.6) is 5.75 Å². The number of nitrogens with zero attached hydrogens (tertiary/aromatic N) is 3. The number of methoxy groups -OCH3 is 1. The Balaban J connectivity index is 1.94. The molecule has 0 radical (unpaired) electrons. The van der Waals surface area contributed by atoms with Crippen molar-refractivity contribution in [3.63, 3.8) is 0 Å². The molecule has 1 aliphatic rings. The summed E-state index contributed by atoms with van der Waals surface area (Å²) in [7, 11) is -2.50. The maximum atomic E-state index is 13.8. The molecule has 0 aliphatic heterocycles. The number of nitro groups is 1. The Hall–Kier alpha value is -3.67. The molecule has 1 atom stereocenters. The highest BCUT2D eigenvalue weighted by atomic mass is 32.2. The zero-order chi connectivity index (χ0) is 28.7. The van der Waals surface area contributed by atoms with E-state index in [1.807, 2.05) is 0 Å². The summed E-state index contributed by atoms with van der Waals surface area (Å²) in [6, 6.07) is 10.0. The number of nitro benzene ring substituents is 1. The Bertz CT molecular complexity index is 1310. The van der Waals surface area contributed by atoms with Crippen molar-refractivity contribution in [3.05, 3.63) is 63.7 Å². The zero-order valence-electron chi connectivity index (χ0n) is 22.8. The predicted molar refractivity (Wildman–Crippen MR) is 148 cm³/mol. The first-order chi connectivity index (χ1) is 18.4. The molecule has 1 saturated carbocycles. The average Bonchev–Trinajstić information content (AvgIpc) is 2.90. The average molecular weight is 561 g/mol. The van der Waals surface area contributed by atoms with Crippen molar-refractivity contribution in [1.82, 2.24) is 10.2 Å². The number of carbonyl (C=O) groups excluding carboxylic acids is 2. The molecule has 3 rings (SSSR count). The standard InChI is InChI=1S/C27H36N4O7S/c1-19-13-14-23(31(34)35)16-25(19)30(39(4,36)37)18-26(32)29(17-21-9-8-12-24(15-21)38-3)20(2)27(33)28-22-10-6-5-7-11-22/h8-9,12-16,20,22H,5-7,10-11,17-18H2,1-4H3,(H,28,33)/t20-/m0/s1. The lowest BCUT2D eigenvalue weighted by Crippen LogP contribution is -2.53. The molecule has 2 aromatic carbocycles. The number of hydrogen-bond donors (Lipinski definition) is 1. The van der Waals surface area contributed by atoms with Crippen LogP contribution >= 0.6 is 0 Å². The normalized spacial score (nSPS) is 14.8. The van der Waals surface area contributed by atoms with Gasteiger partial charge in [-0.15, -0.1) is 0 Å². The van der Waals surface area contributed by atoms with Gasteiger partial charge in [0.2, 0.25) is 21.8 Å². The third-order valence-electron chi connectivity index (χ3n) is 6.96. The van der Waals surface area contributed by atoms with Crippen LogP contribution in [-0.4, -0.2) is 62.0 Å². The van der Waals surface area contributed by atoms with Gasteiger partial charge in [0, 0.05) is 24.7 Å². The van der Waals surface area contributed by atoms with Gasteiger partial charge in [-0.1, -0.05) is 37.5 Å². The van der Waals surface area contributed by atoms with Gasteiger partial charge in [0.1, 0.15) is 18.3 Å². The molecule has 1 aliphatic carbocycles. The number of carbonyl (C=O) groups is 2. The van der Waals surface area contributed by atoms with E-state index >= 15 is 0 Å². The van der Waals surface area contributed by atoms with Crippen LogP contribution in [-0.2, 0) is 26.2 Å². The van der Waals surface area contributed by atoms with Gasteiger partial charge in [0.15, 0.2) is 0 Å². The number of nitrogens with one attached hydrogen (secondary N) is 1. The molecule has 12 heteroatoms. The fourth-order valence-electron chi connectivity index (χ4n) is 4.69. The van der Waals surface area contributed by atoms with E-state index in [9.17, 15) is 28.1 Å². The van der Waals surface area contributed by atoms with Crippen molar-refractivity contribution in [2.24, 2.45) is 0 Å². The van der Waals surface area contributed by atoms with Crippen molar-refractivity contribution < 1.29 is 27.7 Å². The van der Waals surface area contributed by atoms with Crippen LogP contribution in [0.4, 0.5) is 11.4 Å². The maximum Gasteiger partial charge on any atom is 0.271 e. The van der Waals surface area contributed by atoms with E-state index in [2.05, 4.69) is 5.32 Å². The number of anilines is 1. The first-order valence-corrected chi connectivity index (χ1v) is 14.7. The summed E-state index contributed by atoms with van der Waals surface area (Å²) >= 11 is 0. The van der Waals surface area contributed by atoms with E-state index in [0.29, 0.717) is 16.9 Å². The van der Waals surface area contributed by atoms with Gasteiger partial charge in [-0.2, -0.15) is 0 Å². The SMILES string of the molecule is COc1cccc(CN(C(=O)CN(c2cc([N+](=O)[O-])ccc2C)S(C)(=O)=O)[C@@H](C)C(=O)NC2CCCCC2)c1. The molecule has 0 aromatic heterocycles. The monoisotopic (exact) mass is 560 g/mol. The Morgan fingerprint density at radius 2 is 1.85 bits per heavy atom. The van der Waals surface area contributed by atoms with Crippen molar-refractivity contribution in [1.29, 1.82) is 0 Å². The topological polar surface area (TPSA) is 139 Å². The van der Waals surface area contributed by atoms with Crippen LogP contribution in [0.25, 0.3) is 0 Å². The second kappa shape index (κ2) is 12.9. The predicted octanol–water partition coefficient (Wildman–Crippen LogP) is 3.54. The molecule has 0 saturated heterocycles. The molecule has 11 nitrogen and oxygen atoms in total. The van der Waals surface area contributed by atoms with Gasteiger partial charge in [0.05, 0.1) is 24.0 Å². The van der Waals surface area contributed by atoms with E-state index in [4.69, 9.17) is 4.74 Å². The molecular weight excluding hydrogens is 524 g/mol. The quantitative estimate of drug-likeness (QED) is 0.328. The van der Waals surface area contributed by atoms with Crippen LogP contribution in [0.2, 0.25) is 0 Å². The van der Waals surface area contributed by atoms with E-state index < -0.39 is 33.4 Å². The first kappa shape index (κ1) is 29.9. The van der Waals surface area contributed by atoms with Crippen molar-refractivity contribution in [2.75, 3.05) is 24.2 Å². The summed E-state index contributed by atoms with van der Waals surface area (Å²) in [5, 5.41) is 14.4. The highest BCUT2D eigenvalue weighted by molar-refractivity contribution is 7.92. The lowest BCUT2D eigenvalue weighted by atomic mass is 9.95. The smallest absolute Gasteiger partial charge is 0.271 e. The number of non-ortho nitro benzene ring substituents is 1. The third-order valence-corrected chi connectivity index (χ3v) is 8.08. The Morgan fingerprint density at radius 3 is 2.46 bits per heavy atom. The minimum Gasteiger partial charge on any atom is -0.497 e. The number of rotatable bonds is 11. The second-order valence-electron chi connectivity index (χ2n) is 9.89. The highest BCUT2D eigenvalue weighted by Gasteiger charge is 2.32. The molecule has 2 amide bonds. The van der Waals surface area contributed by atoms with Crippen LogP contribution in [0.3, 0.4) is 0 Å². The largest absolute Gasteiger partial charge is 0.497 e. The summed E-state index contributed by atoms with van der Waals surface area (Å²) in [5.74, 6) is -0.375. The van der Waals surface area contributed by atoms with Crippen molar-refractivity contribution in [3.8, 4) is 5.75 Å². The van der Waals surface area contributed by atoms with E-state index in [1.165, 1.54) is 24.1 Å². The minimum atomic E-state index is -4.02. The van der Waals surface area contributed by atoms with Gasteiger partial charge in [-0.05, 0) is 49.9 Å². The fourth-order valence-corrected chi connectivity index (χ4v) is 5.59. The Labute approximate surface area is 229 Å². The van der Waals surface area contributed by atoms with Gasteiger partial charge < -0.3 is 15.0 Å². The summed E-state index contributed by atoms with van der Waals surface area (Å²) in [6.07, 6.45) is 5.85. The third kappa shape index (κ3) is 7.92. The fraction of sp³-hybridized carbons (Fsp3) is 0.481. The van der Waals surface area contributed by atoms with Crippen molar-refractivity contribution in [2.45, 2.75) is 64.6 Å². The number of sulfonamides is 1. The Morgan fingerprint density at radius 1 is 1.15 bits per heavy atom. The number of ether oxygens (including phenoxy) is 1. The number of benzene rings is 2. The summed E-state index contributed by atoms with van der Waals surface area (Å²) in [5.41, 5.74) is 0.865. The molecule has 2 aromatic rings. The lowest BCUT2D eigenvalue weighted by Gasteiger charge is -2.33. The first-order valence-electron chi connectivity index (χ1n) is 12.9. The number of amides is 2.